The van der Waals surface area contributed by atoms with Crippen molar-refractivity contribution in [3.8, 4) is 27.6 Å². The lowest BCUT2D eigenvalue weighted by atomic mass is 10.1. The van der Waals surface area contributed by atoms with E-state index in [0.29, 0.717) is 0 Å². The van der Waals surface area contributed by atoms with E-state index in [4.69, 9.17) is 0 Å². The van der Waals surface area contributed by atoms with Crippen molar-refractivity contribution in [2.24, 2.45) is 0 Å². The van der Waals surface area contributed by atoms with E-state index in [1.165, 1.54) is 0 Å². The lowest BCUT2D eigenvalue weighted by Crippen LogP contribution is -3.00. The number of nitrogens with one attached hydrogen (secondary N) is 1. The highest BCUT2D eigenvalue weighted by molar-refractivity contribution is 7.13. The Morgan fingerprint density at radius 3 is 2.50 bits per heavy atom. The molecule has 4 aromatic rings. The molecule has 0 bridgehead atoms. The third kappa shape index (κ3) is 3.00. The van der Waals surface area contributed by atoms with Crippen molar-refractivity contribution in [3.05, 3.63) is 65.7 Å². The van der Waals surface area contributed by atoms with Gasteiger partial charge in [-0.1, -0.05) is 35.5 Å². The van der Waals surface area contributed by atoms with E-state index in [1.807, 2.05) is 60.1 Å². The molecular weight excluding hydrogens is 386 g/mol. The number of rotatable bonds is 3. The largest absolute Gasteiger partial charge is 1.00 e. The van der Waals surface area contributed by atoms with Crippen LogP contribution >= 0.6 is 11.3 Å². The monoisotopic (exact) mass is 399 g/mol. The maximum absolute atomic E-state index is 4.60. The Kier molecular flexibility index (Phi) is 4.82. The van der Waals surface area contributed by atoms with Crippen LogP contribution < -0.4 is 21.7 Å². The number of nitrogens with zero attached hydrogens (tertiary/aromatic N) is 4. The van der Waals surface area contributed by atoms with Gasteiger partial charge in [0.05, 0.1) is 11.1 Å². The van der Waals surface area contributed by atoms with E-state index in [9.17, 15) is 0 Å². The van der Waals surface area contributed by atoms with Crippen molar-refractivity contribution in [1.29, 1.82) is 0 Å². The third-order valence-electron chi connectivity index (χ3n) is 3.53. The summed E-state index contributed by atoms with van der Waals surface area (Å²) in [7, 11) is 0. The third-order valence-corrected chi connectivity index (χ3v) is 4.52. The highest BCUT2D eigenvalue weighted by Gasteiger charge is 2.22. The topological polar surface area (TPSA) is 58.3 Å². The second-order valence-corrected chi connectivity index (χ2v) is 5.99. The Hall–Kier alpha value is -2.38. The molecule has 0 saturated heterocycles. The summed E-state index contributed by atoms with van der Waals surface area (Å²) >= 11 is 1.64. The number of thiazole rings is 1. The number of hydrogen-bond acceptors (Lipinski definition) is 4. The van der Waals surface area contributed by atoms with Crippen LogP contribution in [0.2, 0.25) is 0 Å². The first-order valence-electron chi connectivity index (χ1n) is 7.23. The van der Waals surface area contributed by atoms with E-state index in [-0.39, 0.29) is 17.0 Å². The summed E-state index contributed by atoms with van der Waals surface area (Å²) < 4.78 is 1.89. The number of hydrogen-bond donors (Lipinski definition) is 1. The predicted octanol–water partition coefficient (Wildman–Crippen LogP) is 0.184. The van der Waals surface area contributed by atoms with Crippen LogP contribution in [0.1, 0.15) is 5.69 Å². The highest BCUT2D eigenvalue weighted by atomic mass is 79.9. The SMILES string of the molecule is Cc1csc(-c2ccccc2-[n+]2[nH]nnc2-c2ccccc2)n1.[Br-]. The number of aromatic nitrogens is 5. The molecule has 0 fully saturated rings. The van der Waals surface area contributed by atoms with Crippen LogP contribution in [0.3, 0.4) is 0 Å². The van der Waals surface area contributed by atoms with Crippen molar-refractivity contribution in [3.63, 3.8) is 0 Å². The predicted molar refractivity (Wildman–Crippen MR) is 89.2 cm³/mol. The molecule has 4 rings (SSSR count). The molecule has 0 unspecified atom stereocenters. The second kappa shape index (κ2) is 7.02. The van der Waals surface area contributed by atoms with E-state index in [0.717, 1.165) is 33.3 Å². The summed E-state index contributed by atoms with van der Waals surface area (Å²) in [4.78, 5) is 4.60. The zero-order valence-corrected chi connectivity index (χ0v) is 15.3. The van der Waals surface area contributed by atoms with Gasteiger partial charge in [0.2, 0.25) is 0 Å². The van der Waals surface area contributed by atoms with Crippen LogP contribution in [0.15, 0.2) is 60.0 Å². The summed E-state index contributed by atoms with van der Waals surface area (Å²) in [5.41, 5.74) is 4.06. The molecule has 0 radical (unpaired) electrons. The molecule has 5 nitrogen and oxygen atoms in total. The molecule has 0 atom stereocenters. The van der Waals surface area contributed by atoms with Crippen LogP contribution in [-0.2, 0) is 0 Å². The molecule has 120 valence electrons. The molecule has 0 aliphatic carbocycles. The van der Waals surface area contributed by atoms with E-state index < -0.39 is 0 Å². The van der Waals surface area contributed by atoms with Gasteiger partial charge in [0.25, 0.3) is 0 Å². The molecular formula is C17H14BrN5S. The van der Waals surface area contributed by atoms with Gasteiger partial charge in [-0.25, -0.2) is 4.98 Å². The first-order chi connectivity index (χ1) is 11.3. The Labute approximate surface area is 153 Å². The number of aromatic amines is 1. The molecule has 24 heavy (non-hydrogen) atoms. The quantitative estimate of drug-likeness (QED) is 0.500. The number of para-hydroxylation sites is 1. The number of halogens is 1. The van der Waals surface area contributed by atoms with Crippen molar-refractivity contribution < 1.29 is 21.7 Å². The second-order valence-electron chi connectivity index (χ2n) is 5.14. The van der Waals surface area contributed by atoms with Gasteiger partial charge in [-0.3, -0.25) is 0 Å². The lowest BCUT2D eigenvalue weighted by Gasteiger charge is -2.04. The zero-order chi connectivity index (χ0) is 15.6. The van der Waals surface area contributed by atoms with Crippen molar-refractivity contribution >= 4 is 11.3 Å². The molecule has 1 N–H and O–H groups in total. The normalized spacial score (nSPS) is 10.4. The lowest BCUT2D eigenvalue weighted by molar-refractivity contribution is -0.649. The maximum Gasteiger partial charge on any atom is 0.337 e. The molecule has 0 saturated carbocycles. The van der Waals surface area contributed by atoms with E-state index >= 15 is 0 Å². The fraction of sp³-hybridized carbons (Fsp3) is 0.0588. The van der Waals surface area contributed by atoms with Gasteiger partial charge in [0, 0.05) is 11.1 Å². The van der Waals surface area contributed by atoms with Crippen molar-refractivity contribution in [2.45, 2.75) is 6.92 Å². The summed E-state index contributed by atoms with van der Waals surface area (Å²) in [6, 6.07) is 18.1. The van der Waals surface area contributed by atoms with Crippen LogP contribution in [0, 0.1) is 6.92 Å². The van der Waals surface area contributed by atoms with Gasteiger partial charge in [-0.15, -0.1) is 16.0 Å². The highest BCUT2D eigenvalue weighted by Crippen LogP contribution is 2.27. The van der Waals surface area contributed by atoms with Gasteiger partial charge in [0.1, 0.15) is 15.8 Å². The Morgan fingerprint density at radius 1 is 1.00 bits per heavy atom. The molecule has 0 spiro atoms. The van der Waals surface area contributed by atoms with Gasteiger partial charge in [-0.2, -0.15) is 0 Å². The molecule has 7 heteroatoms. The molecule has 0 amide bonds. The Balaban J connectivity index is 0.00000169. The van der Waals surface area contributed by atoms with Gasteiger partial charge in [-0.05, 0) is 31.2 Å². The average Bonchev–Trinajstić information content (AvgIpc) is 3.24. The zero-order valence-electron chi connectivity index (χ0n) is 12.8. The van der Waals surface area contributed by atoms with Crippen LogP contribution in [0.5, 0.6) is 0 Å². The van der Waals surface area contributed by atoms with Crippen LogP contribution in [0.25, 0.3) is 27.6 Å². The van der Waals surface area contributed by atoms with Gasteiger partial charge in [0.15, 0.2) is 5.21 Å². The smallest absolute Gasteiger partial charge is 0.337 e. The Morgan fingerprint density at radius 2 is 1.75 bits per heavy atom. The van der Waals surface area contributed by atoms with Crippen molar-refractivity contribution in [2.75, 3.05) is 0 Å². The number of tetrazole rings is 1. The summed E-state index contributed by atoms with van der Waals surface area (Å²) in [5, 5.41) is 14.2. The average molecular weight is 400 g/mol. The molecule has 2 aromatic heterocycles. The summed E-state index contributed by atoms with van der Waals surface area (Å²) in [5.74, 6) is 0.770. The van der Waals surface area contributed by atoms with Crippen LogP contribution in [0.4, 0.5) is 0 Å². The maximum atomic E-state index is 4.60. The Bertz CT molecular complexity index is 948. The number of H-pyrrole nitrogens is 1. The molecule has 0 aliphatic rings. The molecule has 2 heterocycles. The van der Waals surface area contributed by atoms with E-state index in [2.05, 4.69) is 32.0 Å². The summed E-state index contributed by atoms with van der Waals surface area (Å²) in [6.07, 6.45) is 0. The standard InChI is InChI=1S/C17H13N5S.BrH/c1-12-11-23-17(18-12)14-9-5-6-10-15(14)22-16(19-20-21-22)13-7-3-2-4-8-13;/h2-11H,1H3;1H. The minimum absolute atomic E-state index is 0. The van der Waals surface area contributed by atoms with Gasteiger partial charge < -0.3 is 17.0 Å². The minimum Gasteiger partial charge on any atom is -1.00 e. The van der Waals surface area contributed by atoms with Crippen LogP contribution in [-0.4, -0.2) is 20.5 Å². The fourth-order valence-electron chi connectivity index (χ4n) is 2.48. The van der Waals surface area contributed by atoms with E-state index in [1.54, 1.807) is 11.3 Å². The first-order valence-corrected chi connectivity index (χ1v) is 8.11. The number of aryl methyl sites for hydroxylation is 1. The van der Waals surface area contributed by atoms with Gasteiger partial charge >= 0.3 is 5.82 Å². The minimum atomic E-state index is 0. The number of benzene rings is 2. The van der Waals surface area contributed by atoms with Crippen molar-refractivity contribution in [1.82, 2.24) is 20.5 Å². The first kappa shape index (κ1) is 16.5. The fourth-order valence-corrected chi connectivity index (χ4v) is 3.31. The summed E-state index contributed by atoms with van der Waals surface area (Å²) in [6.45, 7) is 2.00. The molecule has 2 aromatic carbocycles. The molecule has 0 aliphatic heterocycles.